The summed E-state index contributed by atoms with van der Waals surface area (Å²) in [4.78, 5) is 92.6. The molecule has 7 heterocycles. The van der Waals surface area contributed by atoms with Gasteiger partial charge in [-0.05, 0) is 13.0 Å². The number of nitrogens with two attached hydrogens (primary N) is 1. The van der Waals surface area contributed by atoms with E-state index in [1.165, 1.54) is 22.8 Å². The lowest BCUT2D eigenvalue weighted by Crippen LogP contribution is -2.46. The minimum Gasteiger partial charge on any atom is -0.387 e. The number of aliphatic hydroxyl groups excluding tert-OH is 4. The van der Waals surface area contributed by atoms with Gasteiger partial charge in [-0.1, -0.05) is 4.98 Å². The van der Waals surface area contributed by atoms with Crippen LogP contribution in [0.4, 0.5) is 5.95 Å². The van der Waals surface area contributed by atoms with E-state index < -0.39 is 142 Å². The van der Waals surface area contributed by atoms with E-state index in [2.05, 4.69) is 28.1 Å². The van der Waals surface area contributed by atoms with Gasteiger partial charge in [-0.2, -0.15) is 8.62 Å². The smallest absolute Gasteiger partial charge is 0.387 e. The minimum atomic E-state index is -6.20. The van der Waals surface area contributed by atoms with E-state index in [0.717, 1.165) is 28.5 Å². The van der Waals surface area contributed by atoms with Crippen LogP contribution in [0.1, 0.15) is 19.4 Å². The average Bonchev–Trinajstić information content (AvgIpc) is 3.94. The highest BCUT2D eigenvalue weighted by molar-refractivity contribution is 7.66. The highest BCUT2D eigenvalue weighted by atomic mass is 31.3. The number of nitrogens with zero attached hydrogens (tertiary/aromatic N) is 6. The summed E-state index contributed by atoms with van der Waals surface area (Å²) >= 11 is 0. The van der Waals surface area contributed by atoms with Gasteiger partial charge >= 0.3 is 42.6 Å². The first-order chi connectivity index (χ1) is 32.2. The van der Waals surface area contributed by atoms with Gasteiger partial charge in [-0.25, -0.2) is 27.6 Å². The number of aliphatic imine (C=N–C) groups is 1. The maximum Gasteiger partial charge on any atom is 0.490 e. The number of nitrogen functional groups attached to an aromatic ring is 1. The molecule has 0 spiro atoms. The van der Waals surface area contributed by atoms with E-state index in [0.29, 0.717) is 5.71 Å². The van der Waals surface area contributed by atoms with Crippen LogP contribution in [0.25, 0.3) is 11.2 Å². The molecule has 0 bridgehead atoms. The van der Waals surface area contributed by atoms with Crippen molar-refractivity contribution < 1.29 is 108 Å². The van der Waals surface area contributed by atoms with Crippen LogP contribution in [0.3, 0.4) is 0 Å². The largest absolute Gasteiger partial charge is 0.490 e. The molecule has 4 aliphatic rings. The summed E-state index contributed by atoms with van der Waals surface area (Å²) < 4.78 is 106. The van der Waals surface area contributed by atoms with Crippen LogP contribution in [0.2, 0.25) is 0 Å². The first-order valence-corrected chi connectivity index (χ1v) is 25.8. The molecule has 384 valence electrons. The maximum absolute atomic E-state index is 13.4. The third-order valence-electron chi connectivity index (χ3n) is 10.6. The molecule has 0 amide bonds. The molecule has 3 aromatic rings. The number of hydrogen-bond donors (Lipinski definition) is 11. The number of methoxy groups -OCH3 is 1. The van der Waals surface area contributed by atoms with Gasteiger partial charge in [0.1, 0.15) is 61.6 Å². The Morgan fingerprint density at radius 1 is 0.812 bits per heavy atom. The predicted octanol–water partition coefficient (Wildman–Crippen LogP) is -4.22. The van der Waals surface area contributed by atoms with Gasteiger partial charge in [0.25, 0.3) is 17.1 Å². The van der Waals surface area contributed by atoms with Gasteiger partial charge in [0.15, 0.2) is 18.8 Å². The summed E-state index contributed by atoms with van der Waals surface area (Å²) in [5.41, 5.74) is 3.56. The second kappa shape index (κ2) is 20.4. The molecule has 0 aliphatic carbocycles. The van der Waals surface area contributed by atoms with Crippen molar-refractivity contribution in [3.63, 3.8) is 0 Å². The summed E-state index contributed by atoms with van der Waals surface area (Å²) in [6, 6.07) is 0.879. The van der Waals surface area contributed by atoms with E-state index >= 15 is 0 Å². The number of aromatic nitrogens is 6. The Morgan fingerprint density at radius 3 is 2.01 bits per heavy atom. The van der Waals surface area contributed by atoms with Crippen molar-refractivity contribution in [3.05, 3.63) is 62.1 Å². The SMILES string of the molecule is COC1C(OP(=O)(O)OCC2OC(N3C=CC(C)=NC3)C(O)C2O)C(COP(=O)(O)OP(=O)(O)OP(=O)(O)OCC2OC([n+]3cn(C)c4c(=O)[nH]c(N)nc43)C(O)C2O)OC1n1ccc(=O)[nH]c1=O. The summed E-state index contributed by atoms with van der Waals surface area (Å²) in [6.45, 7) is -1.58. The van der Waals surface area contributed by atoms with Gasteiger partial charge in [-0.3, -0.25) is 51.8 Å². The van der Waals surface area contributed by atoms with E-state index in [1.54, 1.807) is 19.2 Å². The molecule has 3 fully saturated rings. The third kappa shape index (κ3) is 12.0. The molecule has 7 rings (SSSR count). The van der Waals surface area contributed by atoms with Gasteiger partial charge in [-0.15, -0.1) is 0 Å². The zero-order valence-electron chi connectivity index (χ0n) is 35.7. The van der Waals surface area contributed by atoms with E-state index in [9.17, 15) is 72.6 Å². The predicted molar refractivity (Wildman–Crippen MR) is 222 cm³/mol. The summed E-state index contributed by atoms with van der Waals surface area (Å²) in [6.07, 6.45) is -14.5. The number of allylic oxidation sites excluding steroid dienone is 1. The van der Waals surface area contributed by atoms with Crippen molar-refractivity contribution in [1.29, 1.82) is 0 Å². The molecule has 3 saturated heterocycles. The summed E-state index contributed by atoms with van der Waals surface area (Å²) in [7, 11) is -20.9. The zero-order valence-corrected chi connectivity index (χ0v) is 39.3. The number of anilines is 1. The van der Waals surface area contributed by atoms with Crippen LogP contribution >= 0.6 is 31.3 Å². The number of imidazole rings is 1. The maximum atomic E-state index is 13.4. The van der Waals surface area contributed by atoms with E-state index in [1.807, 2.05) is 4.98 Å². The molecule has 16 unspecified atom stereocenters. The number of nitrogens with one attached hydrogen (secondary N) is 2. The molecule has 34 nitrogen and oxygen atoms in total. The lowest BCUT2D eigenvalue weighted by molar-refractivity contribution is -0.745. The normalized spacial score (nSPS) is 33.0. The van der Waals surface area contributed by atoms with E-state index in [4.69, 9.17) is 38.3 Å². The molecular weight excluding hydrogens is 1020 g/mol. The number of H-pyrrole nitrogens is 2. The van der Waals surface area contributed by atoms with Crippen LogP contribution in [-0.4, -0.2) is 169 Å². The van der Waals surface area contributed by atoms with Crippen molar-refractivity contribution >= 4 is 54.1 Å². The molecule has 38 heteroatoms. The second-order valence-corrected chi connectivity index (χ2v) is 21.4. The number of aromatic amines is 2. The highest BCUT2D eigenvalue weighted by Crippen LogP contribution is 2.68. The number of ether oxygens (including phenoxy) is 4. The average molecular weight is 1070 g/mol. The second-order valence-electron chi connectivity index (χ2n) is 15.4. The van der Waals surface area contributed by atoms with Crippen molar-refractivity contribution in [2.45, 2.75) is 80.5 Å². The van der Waals surface area contributed by atoms with Crippen LogP contribution in [0.5, 0.6) is 0 Å². The standard InChI is InChI=1S/C31H45N9O25P4/c1-13-4-6-38(11-33-13)27-21(44)19(42)14(60-27)8-57-66(48,49)63-23-16(62-29(24(23)56-3)39-7-5-17(41)34-31(39)47)10-59-68(52,53)65-69(54,55)64-67(50,51)58-9-15-20(43)22(45)28(61-15)40-12-37(2)18-25(40)35-30(32)36-26(18)46/h4-7,12,14-16,19-24,27-29,42-45H,8-11H2,1-3H3,(H7-,32,34,35,36,41,46,47,48,49,50,51,52,53,54,55)/p+1. The minimum absolute atomic E-state index is 0.0240. The highest BCUT2D eigenvalue weighted by Gasteiger charge is 2.54. The first kappa shape index (κ1) is 53.0. The van der Waals surface area contributed by atoms with Crippen molar-refractivity contribution in [2.75, 3.05) is 39.3 Å². The number of aliphatic hydroxyl groups is 4. The Bertz CT molecular complexity index is 2840. The number of aryl methyl sites for hydroxylation is 1. The van der Waals surface area contributed by atoms with Gasteiger partial charge < -0.3 is 69.6 Å². The number of rotatable bonds is 19. The van der Waals surface area contributed by atoms with Crippen molar-refractivity contribution in [1.82, 2.24) is 29.0 Å². The third-order valence-corrected chi connectivity index (χ3v) is 15.8. The molecule has 69 heavy (non-hydrogen) atoms. The van der Waals surface area contributed by atoms with Crippen LogP contribution in [-0.2, 0) is 71.0 Å². The van der Waals surface area contributed by atoms with Crippen LogP contribution < -0.4 is 27.1 Å². The Morgan fingerprint density at radius 2 is 1.41 bits per heavy atom. The molecule has 3 aromatic heterocycles. The lowest BCUT2D eigenvalue weighted by Gasteiger charge is -2.29. The Labute approximate surface area is 385 Å². The monoisotopic (exact) mass is 1070 g/mol. The quantitative estimate of drug-likeness (QED) is 0.0400. The molecule has 4 aliphatic heterocycles. The molecule has 12 N–H and O–H groups in total. The number of phosphoric acid groups is 4. The van der Waals surface area contributed by atoms with Gasteiger partial charge in [0.05, 0.1) is 26.9 Å². The molecule has 0 saturated carbocycles. The molecular formula is C31H46N9O25P4+. The Kier molecular flexibility index (Phi) is 15.7. The van der Waals surface area contributed by atoms with Crippen molar-refractivity contribution in [2.24, 2.45) is 12.0 Å². The number of fused-ring (bicyclic) bond motifs is 1. The number of hydrogen-bond acceptors (Lipinski definition) is 25. The van der Waals surface area contributed by atoms with Crippen LogP contribution in [0.15, 0.2) is 50.2 Å². The fourth-order valence-electron chi connectivity index (χ4n) is 7.44. The molecule has 0 aromatic carbocycles. The van der Waals surface area contributed by atoms with Gasteiger partial charge in [0.2, 0.25) is 11.7 Å². The first-order valence-electron chi connectivity index (χ1n) is 19.8. The fourth-order valence-corrected chi connectivity index (χ4v) is 11.9. The number of phosphoric ester groups is 3. The topological polar surface area (TPSA) is 473 Å². The zero-order chi connectivity index (χ0) is 50.5. The Hall–Kier alpha value is -3.76. The van der Waals surface area contributed by atoms with Crippen LogP contribution in [0, 0.1) is 0 Å². The van der Waals surface area contributed by atoms with Crippen molar-refractivity contribution in [3.8, 4) is 0 Å². The Balaban J connectivity index is 0.989. The van der Waals surface area contributed by atoms with Gasteiger partial charge in [0, 0.05) is 31.3 Å². The fraction of sp³-hybridized carbons (Fsp3) is 0.613. The summed E-state index contributed by atoms with van der Waals surface area (Å²) in [5, 5.41) is 42.6. The molecule has 16 atom stereocenters. The van der Waals surface area contributed by atoms with E-state index in [-0.39, 0.29) is 23.8 Å². The molecule has 0 radical (unpaired) electrons. The lowest BCUT2D eigenvalue weighted by atomic mass is 10.1. The summed E-state index contributed by atoms with van der Waals surface area (Å²) in [5.74, 6) is -0.311.